The molecule has 1 aromatic carbocycles. The summed E-state index contributed by atoms with van der Waals surface area (Å²) in [6.45, 7) is 3.81. The fourth-order valence-corrected chi connectivity index (χ4v) is 1.37. The molecule has 4 heteroatoms. The first-order chi connectivity index (χ1) is 6.50. The number of aryl methyl sites for hydroxylation is 2. The lowest BCUT2D eigenvalue weighted by molar-refractivity contribution is 0.0853. The third-order valence-corrected chi connectivity index (χ3v) is 2.45. The van der Waals surface area contributed by atoms with Crippen LogP contribution in [0.25, 0.3) is 0 Å². The van der Waals surface area contributed by atoms with Crippen molar-refractivity contribution in [1.29, 1.82) is 0 Å². The molecule has 0 saturated heterocycles. The van der Waals surface area contributed by atoms with Crippen LogP contribution in [0.4, 0.5) is 4.79 Å². The standard InChI is InChI=1S/C10H11ClO3/c1-6-3-8(5-14-10(12)13)4-7(2)9(6)11/h3-4H,5H2,1-2H3,(H,12,13). The van der Waals surface area contributed by atoms with Crippen molar-refractivity contribution >= 4 is 17.8 Å². The maximum Gasteiger partial charge on any atom is 0.506 e. The Hall–Kier alpha value is -1.22. The molecule has 1 N–H and O–H groups in total. The van der Waals surface area contributed by atoms with Gasteiger partial charge in [0.15, 0.2) is 0 Å². The molecule has 0 aromatic heterocycles. The number of rotatable bonds is 2. The molecule has 0 spiro atoms. The number of hydrogen-bond acceptors (Lipinski definition) is 2. The van der Waals surface area contributed by atoms with Crippen molar-refractivity contribution in [3.63, 3.8) is 0 Å². The molecular formula is C10H11ClO3. The van der Waals surface area contributed by atoms with Crippen molar-refractivity contribution in [2.75, 3.05) is 0 Å². The van der Waals surface area contributed by atoms with Crippen molar-refractivity contribution < 1.29 is 14.6 Å². The highest BCUT2D eigenvalue weighted by Gasteiger charge is 2.04. The van der Waals surface area contributed by atoms with E-state index < -0.39 is 6.16 Å². The molecule has 0 aliphatic rings. The van der Waals surface area contributed by atoms with Crippen LogP contribution in [0, 0.1) is 13.8 Å². The average molecular weight is 215 g/mol. The van der Waals surface area contributed by atoms with Gasteiger partial charge in [0.25, 0.3) is 0 Å². The summed E-state index contributed by atoms with van der Waals surface area (Å²) in [6, 6.07) is 3.64. The number of carbonyl (C=O) groups is 1. The first-order valence-corrected chi connectivity index (χ1v) is 4.50. The molecule has 1 aromatic rings. The molecule has 0 bridgehead atoms. The molecular weight excluding hydrogens is 204 g/mol. The van der Waals surface area contributed by atoms with E-state index in [0.29, 0.717) is 5.02 Å². The molecule has 3 nitrogen and oxygen atoms in total. The molecule has 0 radical (unpaired) electrons. The zero-order valence-electron chi connectivity index (χ0n) is 8.00. The lowest BCUT2D eigenvalue weighted by Gasteiger charge is -2.06. The van der Waals surface area contributed by atoms with Crippen molar-refractivity contribution in [2.24, 2.45) is 0 Å². The summed E-state index contributed by atoms with van der Waals surface area (Å²) in [5.74, 6) is 0. The Morgan fingerprint density at radius 1 is 1.43 bits per heavy atom. The van der Waals surface area contributed by atoms with Crippen LogP contribution in [0.3, 0.4) is 0 Å². The molecule has 0 fully saturated rings. The molecule has 0 atom stereocenters. The van der Waals surface area contributed by atoms with Gasteiger partial charge in [-0.1, -0.05) is 23.7 Å². The van der Waals surface area contributed by atoms with Crippen LogP contribution in [0.15, 0.2) is 12.1 Å². The van der Waals surface area contributed by atoms with E-state index in [2.05, 4.69) is 4.74 Å². The van der Waals surface area contributed by atoms with E-state index in [1.807, 2.05) is 26.0 Å². The zero-order valence-corrected chi connectivity index (χ0v) is 8.76. The van der Waals surface area contributed by atoms with Gasteiger partial charge < -0.3 is 9.84 Å². The minimum atomic E-state index is -1.27. The predicted octanol–water partition coefficient (Wildman–Crippen LogP) is 3.15. The van der Waals surface area contributed by atoms with Crippen LogP contribution < -0.4 is 0 Å². The summed E-state index contributed by atoms with van der Waals surface area (Å²) >= 11 is 5.96. The fraction of sp³-hybridized carbons (Fsp3) is 0.300. The van der Waals surface area contributed by atoms with Crippen molar-refractivity contribution in [1.82, 2.24) is 0 Å². The van der Waals surface area contributed by atoms with Gasteiger partial charge in [0.05, 0.1) is 0 Å². The van der Waals surface area contributed by atoms with Gasteiger partial charge >= 0.3 is 6.16 Å². The topological polar surface area (TPSA) is 46.5 Å². The van der Waals surface area contributed by atoms with Crippen LogP contribution in [0.2, 0.25) is 5.02 Å². The first kappa shape index (κ1) is 10.9. The minimum absolute atomic E-state index is 0.0637. The maximum absolute atomic E-state index is 10.2. The lowest BCUT2D eigenvalue weighted by atomic mass is 10.1. The predicted molar refractivity (Wildman–Crippen MR) is 53.7 cm³/mol. The number of benzene rings is 1. The maximum atomic E-state index is 10.2. The van der Waals surface area contributed by atoms with Crippen LogP contribution >= 0.6 is 11.6 Å². The highest BCUT2D eigenvalue weighted by Crippen LogP contribution is 2.22. The monoisotopic (exact) mass is 214 g/mol. The van der Waals surface area contributed by atoms with Crippen molar-refractivity contribution in [3.05, 3.63) is 33.8 Å². The van der Waals surface area contributed by atoms with Crippen LogP contribution in [-0.4, -0.2) is 11.3 Å². The molecule has 0 saturated carbocycles. The van der Waals surface area contributed by atoms with E-state index in [1.54, 1.807) is 0 Å². The second kappa shape index (κ2) is 4.33. The van der Waals surface area contributed by atoms with Gasteiger partial charge in [-0.15, -0.1) is 0 Å². The molecule has 0 aliphatic carbocycles. The summed E-state index contributed by atoms with van der Waals surface area (Å²) in [4.78, 5) is 10.2. The Morgan fingerprint density at radius 3 is 2.36 bits per heavy atom. The molecule has 0 unspecified atom stereocenters. The average Bonchev–Trinajstić information content (AvgIpc) is 2.10. The molecule has 0 heterocycles. The quantitative estimate of drug-likeness (QED) is 0.770. The highest BCUT2D eigenvalue weighted by molar-refractivity contribution is 6.32. The van der Waals surface area contributed by atoms with Gasteiger partial charge in [-0.2, -0.15) is 0 Å². The van der Waals surface area contributed by atoms with Gasteiger partial charge in [0, 0.05) is 5.02 Å². The SMILES string of the molecule is Cc1cc(COC(=O)O)cc(C)c1Cl. The van der Waals surface area contributed by atoms with E-state index in [-0.39, 0.29) is 6.61 Å². The molecule has 0 aliphatic heterocycles. The third-order valence-electron chi connectivity index (χ3n) is 1.86. The third kappa shape index (κ3) is 2.64. The fourth-order valence-electron chi connectivity index (χ4n) is 1.26. The number of halogens is 1. The summed E-state index contributed by atoms with van der Waals surface area (Å²) in [5, 5.41) is 9.03. The number of carboxylic acid groups (broad SMARTS) is 1. The van der Waals surface area contributed by atoms with E-state index in [4.69, 9.17) is 16.7 Å². The van der Waals surface area contributed by atoms with E-state index in [9.17, 15) is 4.79 Å². The van der Waals surface area contributed by atoms with Gasteiger partial charge in [-0.3, -0.25) is 0 Å². The van der Waals surface area contributed by atoms with E-state index in [0.717, 1.165) is 16.7 Å². The van der Waals surface area contributed by atoms with Crippen LogP contribution in [0.5, 0.6) is 0 Å². The zero-order chi connectivity index (χ0) is 10.7. The van der Waals surface area contributed by atoms with Gasteiger partial charge in [0.1, 0.15) is 6.61 Å². The minimum Gasteiger partial charge on any atom is -0.450 e. The smallest absolute Gasteiger partial charge is 0.450 e. The first-order valence-electron chi connectivity index (χ1n) is 4.12. The summed E-state index contributed by atoms with van der Waals surface area (Å²) in [7, 11) is 0. The largest absolute Gasteiger partial charge is 0.506 e. The van der Waals surface area contributed by atoms with Gasteiger partial charge in [0.2, 0.25) is 0 Å². The van der Waals surface area contributed by atoms with Crippen molar-refractivity contribution in [3.8, 4) is 0 Å². The van der Waals surface area contributed by atoms with E-state index in [1.165, 1.54) is 0 Å². The van der Waals surface area contributed by atoms with E-state index >= 15 is 0 Å². The number of ether oxygens (including phenoxy) is 1. The van der Waals surface area contributed by atoms with Crippen LogP contribution in [0.1, 0.15) is 16.7 Å². The molecule has 1 rings (SSSR count). The molecule has 76 valence electrons. The van der Waals surface area contributed by atoms with Crippen LogP contribution in [-0.2, 0) is 11.3 Å². The summed E-state index contributed by atoms with van der Waals surface area (Å²) in [6.07, 6.45) is -1.27. The number of hydrogen-bond donors (Lipinski definition) is 1. The van der Waals surface area contributed by atoms with Crippen molar-refractivity contribution in [2.45, 2.75) is 20.5 Å². The normalized spacial score (nSPS) is 9.93. The summed E-state index contributed by atoms with van der Waals surface area (Å²) in [5.41, 5.74) is 2.66. The Labute approximate surface area is 87.3 Å². The lowest BCUT2D eigenvalue weighted by Crippen LogP contribution is -2.00. The van der Waals surface area contributed by atoms with Gasteiger partial charge in [-0.05, 0) is 30.5 Å². The molecule has 0 amide bonds. The van der Waals surface area contributed by atoms with Gasteiger partial charge in [-0.25, -0.2) is 4.79 Å². The second-order valence-corrected chi connectivity index (χ2v) is 3.48. The Kier molecular flexibility index (Phi) is 3.36. The Bertz CT molecular complexity index is 337. The second-order valence-electron chi connectivity index (χ2n) is 3.10. The Balaban J connectivity index is 2.84. The Morgan fingerprint density at radius 2 is 1.93 bits per heavy atom. The summed E-state index contributed by atoms with van der Waals surface area (Å²) < 4.78 is 4.45. The molecule has 14 heavy (non-hydrogen) atoms. The highest BCUT2D eigenvalue weighted by atomic mass is 35.5.